The quantitative estimate of drug-likeness (QED) is 0.320. The zero-order valence-electron chi connectivity index (χ0n) is 7.05. The van der Waals surface area contributed by atoms with Gasteiger partial charge < -0.3 is 15.3 Å². The topological polar surface area (TPSA) is 75.9 Å². The largest absolute Gasteiger partial charge is 0.409 e. The lowest BCUT2D eigenvalue weighted by Crippen LogP contribution is -2.13. The van der Waals surface area contributed by atoms with Crippen LogP contribution in [0.15, 0.2) is 29.7 Å². The van der Waals surface area contributed by atoms with Gasteiger partial charge in [0.25, 0.3) is 0 Å². The number of hydrogen-bond donors (Lipinski definition) is 2. The van der Waals surface area contributed by atoms with Crippen molar-refractivity contribution >= 4 is 23.1 Å². The van der Waals surface area contributed by atoms with Crippen LogP contribution in [0.2, 0.25) is 5.02 Å². The molecular weight excluding hydrogens is 204 g/mol. The van der Waals surface area contributed by atoms with Crippen LogP contribution in [0.5, 0.6) is 0 Å². The van der Waals surface area contributed by atoms with Crippen molar-refractivity contribution in [3.05, 3.63) is 35.2 Å². The third-order valence-corrected chi connectivity index (χ3v) is 2.03. The lowest BCUT2D eigenvalue weighted by Gasteiger charge is -1.90. The number of hydrogen-bond acceptors (Lipinski definition) is 3. The van der Waals surface area contributed by atoms with Crippen LogP contribution in [-0.2, 0) is 0 Å². The number of amidine groups is 1. The van der Waals surface area contributed by atoms with Crippen molar-refractivity contribution in [3.8, 4) is 0 Å². The minimum Gasteiger partial charge on any atom is -0.409 e. The molecule has 5 nitrogen and oxygen atoms in total. The Morgan fingerprint density at radius 3 is 3.14 bits per heavy atom. The number of oxime groups is 1. The Morgan fingerprint density at radius 2 is 2.43 bits per heavy atom. The van der Waals surface area contributed by atoms with Gasteiger partial charge in [0.1, 0.15) is 11.3 Å². The molecular formula is C8H7ClN4O. The van der Waals surface area contributed by atoms with Gasteiger partial charge in [-0.1, -0.05) is 16.8 Å². The van der Waals surface area contributed by atoms with Crippen LogP contribution < -0.4 is 5.73 Å². The molecule has 2 rings (SSSR count). The van der Waals surface area contributed by atoms with Crippen LogP contribution in [0.25, 0.3) is 5.65 Å². The fraction of sp³-hybridized carbons (Fsp3) is 0. The summed E-state index contributed by atoms with van der Waals surface area (Å²) in [4.78, 5) is 4.11. The minimum atomic E-state index is -0.0233. The Hall–Kier alpha value is -1.75. The van der Waals surface area contributed by atoms with Crippen molar-refractivity contribution in [2.75, 3.05) is 0 Å². The van der Waals surface area contributed by atoms with Crippen LogP contribution in [0.4, 0.5) is 0 Å². The van der Waals surface area contributed by atoms with Crippen molar-refractivity contribution in [1.82, 2.24) is 9.38 Å². The molecule has 0 aromatic carbocycles. The second-order valence-electron chi connectivity index (χ2n) is 2.72. The lowest BCUT2D eigenvalue weighted by molar-refractivity contribution is 0.318. The highest BCUT2D eigenvalue weighted by molar-refractivity contribution is 6.30. The predicted molar refractivity (Wildman–Crippen MR) is 52.7 cm³/mol. The van der Waals surface area contributed by atoms with Crippen molar-refractivity contribution in [1.29, 1.82) is 0 Å². The standard InChI is InChI=1S/C8H7ClN4O/c9-5-1-2-13-4-6(8(10)12-14)11-7(13)3-5/h1-4,14H,(H2,10,12). The molecule has 0 fully saturated rings. The minimum absolute atomic E-state index is 0.0233. The molecule has 0 aliphatic heterocycles. The zero-order chi connectivity index (χ0) is 10.1. The Labute approximate surface area is 84.4 Å². The van der Waals surface area contributed by atoms with Gasteiger partial charge in [-0.2, -0.15) is 0 Å². The Bertz CT molecular complexity index is 505. The summed E-state index contributed by atoms with van der Waals surface area (Å²) in [5.74, 6) is -0.0233. The molecule has 0 atom stereocenters. The summed E-state index contributed by atoms with van der Waals surface area (Å²) < 4.78 is 1.74. The molecule has 0 aliphatic carbocycles. The SMILES string of the molecule is N/C(=N/O)c1cn2ccc(Cl)cc2n1. The van der Waals surface area contributed by atoms with Crippen LogP contribution in [0.3, 0.4) is 0 Å². The molecule has 2 aromatic heterocycles. The van der Waals surface area contributed by atoms with Gasteiger partial charge in [0, 0.05) is 23.5 Å². The molecule has 2 heterocycles. The van der Waals surface area contributed by atoms with E-state index in [-0.39, 0.29) is 5.84 Å². The number of rotatable bonds is 1. The maximum atomic E-state index is 8.46. The van der Waals surface area contributed by atoms with Crippen LogP contribution in [0.1, 0.15) is 5.69 Å². The number of imidazole rings is 1. The number of nitrogens with zero attached hydrogens (tertiary/aromatic N) is 3. The average Bonchev–Trinajstić information content (AvgIpc) is 2.59. The first kappa shape index (κ1) is 8.83. The molecule has 0 saturated carbocycles. The van der Waals surface area contributed by atoms with E-state index in [9.17, 15) is 0 Å². The third kappa shape index (κ3) is 1.38. The van der Waals surface area contributed by atoms with Gasteiger partial charge in [0.05, 0.1) is 0 Å². The van der Waals surface area contributed by atoms with Gasteiger partial charge in [-0.15, -0.1) is 0 Å². The summed E-state index contributed by atoms with van der Waals surface area (Å²) in [5, 5.41) is 11.9. The summed E-state index contributed by atoms with van der Waals surface area (Å²) in [5.41, 5.74) is 6.45. The Morgan fingerprint density at radius 1 is 1.64 bits per heavy atom. The Kier molecular flexibility index (Phi) is 2.01. The van der Waals surface area contributed by atoms with Gasteiger partial charge in [0.15, 0.2) is 5.84 Å². The fourth-order valence-electron chi connectivity index (χ4n) is 1.13. The zero-order valence-corrected chi connectivity index (χ0v) is 7.81. The number of aromatic nitrogens is 2. The first-order valence-electron chi connectivity index (χ1n) is 3.83. The van der Waals surface area contributed by atoms with E-state index in [1.807, 2.05) is 0 Å². The molecule has 0 aliphatic rings. The second kappa shape index (κ2) is 3.19. The summed E-state index contributed by atoms with van der Waals surface area (Å²) >= 11 is 5.78. The molecule has 6 heteroatoms. The Balaban J connectivity index is 2.62. The maximum Gasteiger partial charge on any atom is 0.190 e. The normalized spacial score (nSPS) is 12.2. The molecule has 0 saturated heterocycles. The molecule has 0 bridgehead atoms. The molecule has 72 valence electrons. The van der Waals surface area contributed by atoms with E-state index in [0.29, 0.717) is 16.4 Å². The fourth-order valence-corrected chi connectivity index (χ4v) is 1.29. The highest BCUT2D eigenvalue weighted by Crippen LogP contribution is 2.12. The van der Waals surface area contributed by atoms with E-state index in [2.05, 4.69) is 10.1 Å². The molecule has 2 aromatic rings. The highest BCUT2D eigenvalue weighted by atomic mass is 35.5. The smallest absolute Gasteiger partial charge is 0.190 e. The van der Waals surface area contributed by atoms with E-state index in [0.717, 1.165) is 0 Å². The average molecular weight is 211 g/mol. The van der Waals surface area contributed by atoms with Gasteiger partial charge in [-0.25, -0.2) is 4.98 Å². The van der Waals surface area contributed by atoms with Crippen molar-refractivity contribution in [2.45, 2.75) is 0 Å². The van der Waals surface area contributed by atoms with Gasteiger partial charge >= 0.3 is 0 Å². The molecule has 0 spiro atoms. The molecule has 3 N–H and O–H groups in total. The van der Waals surface area contributed by atoms with Crippen molar-refractivity contribution in [2.24, 2.45) is 10.9 Å². The first-order chi connectivity index (χ1) is 6.70. The summed E-state index contributed by atoms with van der Waals surface area (Å²) in [7, 11) is 0. The maximum absolute atomic E-state index is 8.46. The number of pyridine rings is 1. The van der Waals surface area contributed by atoms with E-state index < -0.39 is 0 Å². The first-order valence-corrected chi connectivity index (χ1v) is 4.20. The van der Waals surface area contributed by atoms with Gasteiger partial charge in [-0.3, -0.25) is 0 Å². The van der Waals surface area contributed by atoms with E-state index in [4.69, 9.17) is 22.5 Å². The van der Waals surface area contributed by atoms with Crippen molar-refractivity contribution < 1.29 is 5.21 Å². The molecule has 0 radical (unpaired) electrons. The van der Waals surface area contributed by atoms with Crippen molar-refractivity contribution in [3.63, 3.8) is 0 Å². The van der Waals surface area contributed by atoms with E-state index in [1.54, 1.807) is 28.9 Å². The molecule has 14 heavy (non-hydrogen) atoms. The number of nitrogens with two attached hydrogens (primary N) is 1. The third-order valence-electron chi connectivity index (χ3n) is 1.79. The van der Waals surface area contributed by atoms with Gasteiger partial charge in [0.2, 0.25) is 0 Å². The van der Waals surface area contributed by atoms with Crippen LogP contribution in [-0.4, -0.2) is 20.4 Å². The van der Waals surface area contributed by atoms with Crippen LogP contribution >= 0.6 is 11.6 Å². The molecule has 0 amide bonds. The summed E-state index contributed by atoms with van der Waals surface area (Å²) in [6.07, 6.45) is 3.40. The van der Waals surface area contributed by atoms with Crippen LogP contribution in [0, 0.1) is 0 Å². The van der Waals surface area contributed by atoms with Gasteiger partial charge in [-0.05, 0) is 6.07 Å². The highest BCUT2D eigenvalue weighted by Gasteiger charge is 2.05. The number of halogens is 1. The number of fused-ring (bicyclic) bond motifs is 1. The molecule has 0 unspecified atom stereocenters. The van der Waals surface area contributed by atoms with E-state index >= 15 is 0 Å². The summed E-state index contributed by atoms with van der Waals surface area (Å²) in [6, 6.07) is 3.42. The monoisotopic (exact) mass is 210 g/mol. The lowest BCUT2D eigenvalue weighted by atomic mass is 10.4. The summed E-state index contributed by atoms with van der Waals surface area (Å²) in [6.45, 7) is 0. The second-order valence-corrected chi connectivity index (χ2v) is 3.16. The predicted octanol–water partition coefficient (Wildman–Crippen LogP) is 1.08. The van der Waals surface area contributed by atoms with E-state index in [1.165, 1.54) is 0 Å².